The second-order valence-corrected chi connectivity index (χ2v) is 17.7. The minimum atomic E-state index is -0.0145. The molecule has 6 aromatic carbocycles. The van der Waals surface area contributed by atoms with Gasteiger partial charge in [0.05, 0.1) is 0 Å². The Morgan fingerprint density at radius 2 is 0.967 bits per heavy atom. The molecule has 0 unspecified atom stereocenters. The summed E-state index contributed by atoms with van der Waals surface area (Å²) in [5.74, 6) is 0. The zero-order valence-corrected chi connectivity index (χ0v) is 42.2. The minimum absolute atomic E-state index is 0. The van der Waals surface area contributed by atoms with E-state index in [0.717, 1.165) is 49.6 Å². The van der Waals surface area contributed by atoms with Gasteiger partial charge in [-0.25, -0.2) is 12.2 Å². The van der Waals surface area contributed by atoms with Crippen molar-refractivity contribution in [1.82, 2.24) is 0 Å². The third kappa shape index (κ3) is 15.4. The van der Waals surface area contributed by atoms with Crippen molar-refractivity contribution in [2.45, 2.75) is 65.2 Å². The second kappa shape index (κ2) is 24.6. The Bertz CT molecular complexity index is 2100. The number of hydrogen-bond donors (Lipinski definition) is 0. The summed E-state index contributed by atoms with van der Waals surface area (Å²) >= 11 is 24.9. The molecule has 0 saturated carbocycles. The number of rotatable bonds is 2. The van der Waals surface area contributed by atoms with Crippen molar-refractivity contribution in [3.05, 3.63) is 213 Å². The van der Waals surface area contributed by atoms with Crippen LogP contribution in [0.4, 0.5) is 0 Å². The van der Waals surface area contributed by atoms with E-state index in [2.05, 4.69) is 120 Å². The number of fused-ring (bicyclic) bond motifs is 3. The molecule has 8 rings (SSSR count). The Morgan fingerprint density at radius 3 is 1.33 bits per heavy atom. The maximum absolute atomic E-state index is 6.20. The zero-order chi connectivity index (χ0) is 42.6. The molecule has 0 N–H and O–H groups in total. The van der Waals surface area contributed by atoms with Crippen molar-refractivity contribution in [2.24, 2.45) is 0 Å². The summed E-state index contributed by atoms with van der Waals surface area (Å²) in [7, 11) is 0. The Hall–Kier alpha value is -2.97. The van der Waals surface area contributed by atoms with Crippen molar-refractivity contribution in [3.8, 4) is 33.4 Å². The van der Waals surface area contributed by atoms with E-state index in [4.69, 9.17) is 46.4 Å². The molecule has 0 spiro atoms. The topological polar surface area (TPSA) is 0 Å². The fourth-order valence-corrected chi connectivity index (χ4v) is 6.94. The summed E-state index contributed by atoms with van der Waals surface area (Å²) in [5, 5.41) is 3.04. The molecule has 0 aliphatic heterocycles. The fraction of sp³-hybridized carbons (Fsp3) is 0.189. The molecule has 314 valence electrons. The zero-order valence-electron chi connectivity index (χ0n) is 35.1. The summed E-state index contributed by atoms with van der Waals surface area (Å²) in [6, 6.07) is 42.2. The maximum atomic E-state index is 6.20. The predicted molar refractivity (Wildman–Crippen MR) is 267 cm³/mol. The first-order valence-corrected chi connectivity index (χ1v) is 22.3. The Balaban J connectivity index is 0.000000402. The molecular formula is C53H52Cl6Zr-4. The van der Waals surface area contributed by atoms with E-state index in [1.807, 2.05) is 84.9 Å². The molecule has 2 aliphatic rings. The molecule has 0 aromatic heterocycles. The summed E-state index contributed by atoms with van der Waals surface area (Å²) in [6.45, 7) is 21.1. The summed E-state index contributed by atoms with van der Waals surface area (Å²) < 4.78 is 3.34. The Morgan fingerprint density at radius 1 is 0.550 bits per heavy atom. The van der Waals surface area contributed by atoms with Crippen molar-refractivity contribution in [3.63, 3.8) is 0 Å². The average molecular weight is 993 g/mol. The van der Waals surface area contributed by atoms with Crippen LogP contribution in [0, 0.1) is 26.0 Å². The first-order chi connectivity index (χ1) is 27.5. The quantitative estimate of drug-likeness (QED) is 0.151. The fourth-order valence-electron chi connectivity index (χ4n) is 6.43. The molecular weight excluding hydrogens is 941 g/mol. The van der Waals surface area contributed by atoms with Crippen LogP contribution < -0.4 is 0 Å². The number of allylic oxidation sites excluding steroid dienone is 4. The molecule has 0 fully saturated rings. The van der Waals surface area contributed by atoms with Crippen LogP contribution in [0.25, 0.3) is 33.4 Å². The van der Waals surface area contributed by atoms with Crippen LogP contribution in [0.15, 0.2) is 133 Å². The third-order valence-corrected chi connectivity index (χ3v) is 10.4. The van der Waals surface area contributed by atoms with Gasteiger partial charge in [0.2, 0.25) is 0 Å². The van der Waals surface area contributed by atoms with Gasteiger partial charge in [0, 0.05) is 20.1 Å². The van der Waals surface area contributed by atoms with Gasteiger partial charge in [0.15, 0.2) is 0 Å². The molecule has 0 radical (unpaired) electrons. The van der Waals surface area contributed by atoms with E-state index < -0.39 is 0 Å². The van der Waals surface area contributed by atoms with Gasteiger partial charge >= 0.3 is 28.4 Å². The monoisotopic (exact) mass is 988 g/mol. The number of benzene rings is 6. The molecule has 2 aliphatic carbocycles. The van der Waals surface area contributed by atoms with E-state index in [0.29, 0.717) is 0 Å². The van der Waals surface area contributed by atoms with Crippen LogP contribution >= 0.6 is 71.2 Å². The van der Waals surface area contributed by atoms with Gasteiger partial charge in [-0.05, 0) is 51.6 Å². The van der Waals surface area contributed by atoms with Crippen LogP contribution in [0.3, 0.4) is 0 Å². The van der Waals surface area contributed by atoms with E-state index in [9.17, 15) is 0 Å². The van der Waals surface area contributed by atoms with Gasteiger partial charge in [-0.3, -0.25) is 6.08 Å². The van der Waals surface area contributed by atoms with Crippen molar-refractivity contribution < 1.29 is 24.2 Å². The van der Waals surface area contributed by atoms with E-state index >= 15 is 0 Å². The Kier molecular flexibility index (Phi) is 21.8. The standard InChI is InChI=1S/C33H31Cl2.2C7H6Cl.C5H5.CH2.2ClH.Zr/c1-32(2,3)30-18-26-22(16-28(30)20-7-11-24(34)12-8-20)15-23-17-29(21-9-13-25(35)14-10-21)31(19-27(23)26)33(4,5)6;2*1-6-2-4-7(8)5-3-6;1-2-4-5-3-1;;;;/h7-14,16,18-19H,15H2,1-6H3;2*2-5H,1H2;1-3H,4H2;1H2;2*1H;/q4*-1;;;;. The molecule has 60 heavy (non-hydrogen) atoms. The Labute approximate surface area is 407 Å². The van der Waals surface area contributed by atoms with E-state index in [1.54, 1.807) is 0 Å². The molecule has 0 saturated heterocycles. The summed E-state index contributed by atoms with van der Waals surface area (Å²) in [4.78, 5) is 0. The number of hydrogen-bond acceptors (Lipinski definition) is 0. The molecule has 6 aromatic rings. The van der Waals surface area contributed by atoms with Gasteiger partial charge in [-0.2, -0.15) is 55.3 Å². The van der Waals surface area contributed by atoms with Crippen LogP contribution in [0.1, 0.15) is 81.3 Å². The first kappa shape index (κ1) is 53.2. The number of halogens is 6. The molecule has 0 amide bonds. The van der Waals surface area contributed by atoms with Crippen LogP contribution in [-0.2, 0) is 41.5 Å². The van der Waals surface area contributed by atoms with Gasteiger partial charge in [0.1, 0.15) is 0 Å². The molecule has 0 nitrogen and oxygen atoms in total. The van der Waals surface area contributed by atoms with Gasteiger partial charge in [-0.15, -0.1) is 60.1 Å². The van der Waals surface area contributed by atoms with Crippen molar-refractivity contribution >= 4 is 75.4 Å². The van der Waals surface area contributed by atoms with Crippen LogP contribution in [-0.4, -0.2) is 4.21 Å². The first-order valence-electron chi connectivity index (χ1n) is 19.0. The second-order valence-electron chi connectivity index (χ2n) is 16.0. The van der Waals surface area contributed by atoms with Gasteiger partial charge in [-0.1, -0.05) is 177 Å². The SMILES string of the molecule is CC(C)(C)c1cc2c([c-]c1-c1ccc(Cl)cc1)Cc1cc(-c3ccc(Cl)cc3)c(C(C)(C)C)cc1-2.Cl.Cl.[C-]1=CC=CC1.[CH2-]c1ccc(Cl)cc1.[CH2-]c1ccc(Cl)cc1.[CH2]=[Zr]. The predicted octanol–water partition coefficient (Wildman–Crippen LogP) is 17.5. The van der Waals surface area contributed by atoms with Gasteiger partial charge < -0.3 is 0 Å². The normalized spacial score (nSPS) is 11.6. The van der Waals surface area contributed by atoms with Crippen LogP contribution in [0.5, 0.6) is 0 Å². The molecule has 0 heterocycles. The van der Waals surface area contributed by atoms with Crippen LogP contribution in [0.2, 0.25) is 20.1 Å². The third-order valence-electron chi connectivity index (χ3n) is 9.38. The molecule has 0 atom stereocenters. The summed E-state index contributed by atoms with van der Waals surface area (Å²) in [5.41, 5.74) is 14.8. The molecule has 7 heteroatoms. The summed E-state index contributed by atoms with van der Waals surface area (Å²) in [6.07, 6.45) is 10.9. The van der Waals surface area contributed by atoms with E-state index in [-0.39, 0.29) is 35.6 Å². The molecule has 0 bridgehead atoms. The van der Waals surface area contributed by atoms with Gasteiger partial charge in [0.25, 0.3) is 0 Å². The average Bonchev–Trinajstić information content (AvgIpc) is 3.90. The van der Waals surface area contributed by atoms with Crippen molar-refractivity contribution in [2.75, 3.05) is 0 Å². The van der Waals surface area contributed by atoms with E-state index in [1.165, 1.54) is 74.3 Å². The van der Waals surface area contributed by atoms with Crippen molar-refractivity contribution in [1.29, 1.82) is 0 Å².